The van der Waals surface area contributed by atoms with Crippen LogP contribution in [0.25, 0.3) is 17.1 Å². The molecule has 1 aliphatic heterocycles. The van der Waals surface area contributed by atoms with Gasteiger partial charge in [-0.05, 0) is 30.3 Å². The summed E-state index contributed by atoms with van der Waals surface area (Å²) in [6.45, 7) is 1.66. The number of hydrogen-bond acceptors (Lipinski definition) is 8. The number of rotatable bonds is 9. The van der Waals surface area contributed by atoms with Gasteiger partial charge < -0.3 is 15.2 Å². The Morgan fingerprint density at radius 1 is 1.19 bits per heavy atom. The second kappa shape index (κ2) is 11.5. The Balaban J connectivity index is 1.52. The lowest BCUT2D eigenvalue weighted by atomic mass is 9.89. The SMILES string of the molecule is CC1(CNC(=O)c2nc(Cn3nc(-c4ccc(Cl)cc4)n(CC(O)C(F)(F)F)c3=O)nn2-c2cnccc2Cl)COC1. The maximum atomic E-state index is 13.3. The van der Waals surface area contributed by atoms with Crippen molar-refractivity contribution in [2.75, 3.05) is 19.8 Å². The van der Waals surface area contributed by atoms with E-state index in [1.165, 1.54) is 42.7 Å². The summed E-state index contributed by atoms with van der Waals surface area (Å²) in [7, 11) is 0. The van der Waals surface area contributed by atoms with Crippen molar-refractivity contribution < 1.29 is 27.8 Å². The van der Waals surface area contributed by atoms with Crippen LogP contribution in [0.4, 0.5) is 13.2 Å². The molecule has 0 spiro atoms. The van der Waals surface area contributed by atoms with Crippen molar-refractivity contribution in [3.8, 4) is 17.1 Å². The lowest BCUT2D eigenvalue weighted by molar-refractivity contribution is -0.207. The molecule has 1 atom stereocenters. The van der Waals surface area contributed by atoms with Crippen LogP contribution in [0.1, 0.15) is 23.4 Å². The van der Waals surface area contributed by atoms with Crippen LogP contribution in [0.2, 0.25) is 10.0 Å². The van der Waals surface area contributed by atoms with Gasteiger partial charge in [-0.1, -0.05) is 30.1 Å². The van der Waals surface area contributed by atoms with E-state index < -0.39 is 37.0 Å². The van der Waals surface area contributed by atoms with E-state index in [-0.39, 0.29) is 39.2 Å². The third kappa shape index (κ3) is 6.18. The van der Waals surface area contributed by atoms with Gasteiger partial charge >= 0.3 is 11.9 Å². The van der Waals surface area contributed by atoms with Gasteiger partial charge in [0.2, 0.25) is 5.82 Å². The molecular formula is C25H23Cl2F3N8O4. The highest BCUT2D eigenvalue weighted by atomic mass is 35.5. The first-order chi connectivity index (χ1) is 19.8. The molecule has 42 heavy (non-hydrogen) atoms. The van der Waals surface area contributed by atoms with E-state index in [1.54, 1.807) is 0 Å². The fourth-order valence-electron chi connectivity index (χ4n) is 4.12. The van der Waals surface area contributed by atoms with Crippen molar-refractivity contribution in [2.45, 2.75) is 32.3 Å². The van der Waals surface area contributed by atoms with Gasteiger partial charge in [0.1, 0.15) is 12.2 Å². The van der Waals surface area contributed by atoms with E-state index in [9.17, 15) is 27.9 Å². The molecule has 1 aliphatic rings. The minimum Gasteiger partial charge on any atom is -0.382 e. The second-order valence-corrected chi connectivity index (χ2v) is 10.9. The van der Waals surface area contributed by atoms with Crippen molar-refractivity contribution >= 4 is 29.1 Å². The number of ether oxygens (including phenoxy) is 1. The number of halogens is 5. The van der Waals surface area contributed by atoms with Crippen LogP contribution in [0, 0.1) is 5.41 Å². The molecule has 1 saturated heterocycles. The van der Waals surface area contributed by atoms with Gasteiger partial charge in [0.05, 0.1) is 31.0 Å². The van der Waals surface area contributed by atoms with E-state index in [1.807, 2.05) is 6.92 Å². The zero-order valence-electron chi connectivity index (χ0n) is 21.8. The molecule has 12 nitrogen and oxygen atoms in total. The summed E-state index contributed by atoms with van der Waals surface area (Å²) in [5.74, 6) is -0.968. The topological polar surface area (TPSA) is 142 Å². The predicted octanol–water partition coefficient (Wildman–Crippen LogP) is 2.73. The highest BCUT2D eigenvalue weighted by Crippen LogP contribution is 2.26. The Morgan fingerprint density at radius 3 is 2.52 bits per heavy atom. The zero-order valence-corrected chi connectivity index (χ0v) is 23.4. The Kier molecular flexibility index (Phi) is 8.11. The number of benzene rings is 1. The van der Waals surface area contributed by atoms with Crippen molar-refractivity contribution in [3.05, 3.63) is 74.9 Å². The maximum absolute atomic E-state index is 13.3. The number of aliphatic hydroxyl groups is 1. The number of alkyl halides is 3. The van der Waals surface area contributed by atoms with E-state index in [4.69, 9.17) is 27.9 Å². The van der Waals surface area contributed by atoms with Gasteiger partial charge in [-0.3, -0.25) is 14.3 Å². The molecule has 222 valence electrons. The lowest BCUT2D eigenvalue weighted by Gasteiger charge is -2.37. The molecule has 0 radical (unpaired) electrons. The van der Waals surface area contributed by atoms with Crippen LogP contribution in [0.3, 0.4) is 0 Å². The maximum Gasteiger partial charge on any atom is 0.416 e. The number of pyridine rings is 1. The minimum atomic E-state index is -4.98. The van der Waals surface area contributed by atoms with Gasteiger partial charge in [0.25, 0.3) is 5.91 Å². The van der Waals surface area contributed by atoms with Crippen LogP contribution >= 0.6 is 23.2 Å². The van der Waals surface area contributed by atoms with E-state index in [0.717, 1.165) is 9.36 Å². The molecule has 0 bridgehead atoms. The Labute approximate surface area is 245 Å². The standard InChI is InChI=1S/C25H23Cl2F3N8O4/c1-24(12-42-13-24)11-32-22(40)21-33-19(34-38(21)17-8-31-7-6-16(17)27)10-37-23(41)36(9-18(39)25(28,29)30)20(35-37)14-2-4-15(26)5-3-14/h2-8,18,39H,9-13H2,1H3,(H,32,40). The fraction of sp³-hybridized carbons (Fsp3) is 0.360. The number of nitrogens with zero attached hydrogens (tertiary/aromatic N) is 7. The number of nitrogens with one attached hydrogen (secondary N) is 1. The Hall–Kier alpha value is -3.79. The first kappa shape index (κ1) is 29.7. The molecule has 1 aromatic carbocycles. The largest absolute Gasteiger partial charge is 0.416 e. The van der Waals surface area contributed by atoms with Crippen molar-refractivity contribution in [2.24, 2.45) is 5.41 Å². The molecule has 2 N–H and O–H groups in total. The number of aromatic nitrogens is 7. The minimum absolute atomic E-state index is 0.0657. The van der Waals surface area contributed by atoms with E-state index >= 15 is 0 Å². The van der Waals surface area contributed by atoms with Crippen molar-refractivity contribution in [1.29, 1.82) is 0 Å². The molecule has 5 rings (SSSR count). The van der Waals surface area contributed by atoms with Gasteiger partial charge in [-0.2, -0.15) is 13.2 Å². The third-order valence-electron chi connectivity index (χ3n) is 6.46. The first-order valence-corrected chi connectivity index (χ1v) is 13.2. The molecule has 0 saturated carbocycles. The first-order valence-electron chi connectivity index (χ1n) is 12.4. The van der Waals surface area contributed by atoms with Crippen LogP contribution in [0.15, 0.2) is 47.5 Å². The quantitative estimate of drug-likeness (QED) is 0.289. The predicted molar refractivity (Wildman–Crippen MR) is 144 cm³/mol. The smallest absolute Gasteiger partial charge is 0.382 e. The molecule has 0 aliphatic carbocycles. The number of hydrogen-bond donors (Lipinski definition) is 2. The van der Waals surface area contributed by atoms with Crippen molar-refractivity contribution in [3.63, 3.8) is 0 Å². The van der Waals surface area contributed by atoms with Crippen LogP contribution in [0.5, 0.6) is 0 Å². The summed E-state index contributed by atoms with van der Waals surface area (Å²) < 4.78 is 47.5. The van der Waals surface area contributed by atoms with Gasteiger partial charge in [-0.25, -0.2) is 19.1 Å². The molecule has 3 aromatic heterocycles. The molecular weight excluding hydrogens is 604 g/mol. The summed E-state index contributed by atoms with van der Waals surface area (Å²) in [4.78, 5) is 34.8. The van der Waals surface area contributed by atoms with Crippen LogP contribution < -0.4 is 11.0 Å². The van der Waals surface area contributed by atoms with E-state index in [2.05, 4.69) is 25.5 Å². The molecule has 1 amide bonds. The highest BCUT2D eigenvalue weighted by molar-refractivity contribution is 6.32. The summed E-state index contributed by atoms with van der Waals surface area (Å²) in [6.07, 6.45) is -4.99. The van der Waals surface area contributed by atoms with Gasteiger partial charge in [0.15, 0.2) is 17.8 Å². The molecule has 4 aromatic rings. The van der Waals surface area contributed by atoms with Gasteiger partial charge in [0, 0.05) is 28.7 Å². The number of aliphatic hydroxyl groups excluding tert-OH is 1. The summed E-state index contributed by atoms with van der Waals surface area (Å²) in [5.41, 5.74) is -0.704. The van der Waals surface area contributed by atoms with Gasteiger partial charge in [-0.15, -0.1) is 10.2 Å². The lowest BCUT2D eigenvalue weighted by Crippen LogP contribution is -2.48. The molecule has 1 unspecified atom stereocenters. The summed E-state index contributed by atoms with van der Waals surface area (Å²) in [5, 5.41) is 21.6. The number of carbonyl (C=O) groups excluding carboxylic acids is 1. The second-order valence-electron chi connectivity index (χ2n) is 10.0. The molecule has 17 heteroatoms. The average molecular weight is 627 g/mol. The number of amides is 1. The Morgan fingerprint density at radius 2 is 1.90 bits per heavy atom. The molecule has 1 fully saturated rings. The average Bonchev–Trinajstić information content (AvgIpc) is 3.48. The molecule has 4 heterocycles. The third-order valence-corrected chi connectivity index (χ3v) is 7.03. The number of carbonyl (C=O) groups is 1. The summed E-state index contributed by atoms with van der Waals surface area (Å²) >= 11 is 12.3. The summed E-state index contributed by atoms with van der Waals surface area (Å²) in [6, 6.07) is 7.39. The van der Waals surface area contributed by atoms with Crippen molar-refractivity contribution in [1.82, 2.24) is 39.4 Å². The van der Waals surface area contributed by atoms with E-state index in [0.29, 0.717) is 29.3 Å². The Bertz CT molecular complexity index is 1670. The van der Waals surface area contributed by atoms with Crippen LogP contribution in [-0.2, 0) is 17.8 Å². The normalized spacial score (nSPS) is 15.3. The fourth-order valence-corrected chi connectivity index (χ4v) is 4.43. The van der Waals surface area contributed by atoms with Crippen LogP contribution in [-0.4, -0.2) is 77.1 Å². The highest BCUT2D eigenvalue weighted by Gasteiger charge is 2.39. The monoisotopic (exact) mass is 626 g/mol. The zero-order chi connectivity index (χ0) is 30.2.